The summed E-state index contributed by atoms with van der Waals surface area (Å²) in [4.78, 5) is 13.9. The standard InChI is InChI=1S/C15H18N2O5S/c18-14(21-9-12-4-2-1-3-5-12)16-8-13-6-7-15(10-16)11-22-23(19,20)17(13)15/h1-5,13H,6-11H2/t13-,15+/m0/s1. The summed E-state index contributed by atoms with van der Waals surface area (Å²) in [5.41, 5.74) is 0.320. The van der Waals surface area contributed by atoms with E-state index in [0.717, 1.165) is 18.4 Å². The predicted octanol–water partition coefficient (Wildman–Crippen LogP) is 1.12. The van der Waals surface area contributed by atoms with Crippen molar-refractivity contribution in [1.29, 1.82) is 0 Å². The van der Waals surface area contributed by atoms with E-state index >= 15 is 0 Å². The molecule has 4 rings (SSSR count). The van der Waals surface area contributed by atoms with Crippen molar-refractivity contribution >= 4 is 16.4 Å². The van der Waals surface area contributed by atoms with Crippen molar-refractivity contribution in [3.8, 4) is 0 Å². The maximum absolute atomic E-state index is 12.3. The van der Waals surface area contributed by atoms with E-state index in [1.54, 1.807) is 4.90 Å². The molecule has 0 radical (unpaired) electrons. The Morgan fingerprint density at radius 2 is 2.13 bits per heavy atom. The number of carbonyl (C=O) groups excluding carboxylic acids is 1. The lowest BCUT2D eigenvalue weighted by molar-refractivity contribution is 0.0425. The molecule has 1 aromatic carbocycles. The van der Waals surface area contributed by atoms with Gasteiger partial charge >= 0.3 is 16.4 Å². The van der Waals surface area contributed by atoms with E-state index in [9.17, 15) is 13.2 Å². The zero-order valence-corrected chi connectivity index (χ0v) is 13.4. The average Bonchev–Trinajstić information content (AvgIpc) is 2.97. The lowest BCUT2D eigenvalue weighted by Crippen LogP contribution is -2.61. The molecule has 3 aliphatic rings. The van der Waals surface area contributed by atoms with Crippen LogP contribution in [0.4, 0.5) is 4.79 Å². The van der Waals surface area contributed by atoms with Crippen LogP contribution in [0.2, 0.25) is 0 Å². The number of likely N-dealkylation sites (tertiary alicyclic amines) is 1. The molecule has 3 saturated heterocycles. The Balaban J connectivity index is 1.45. The van der Waals surface area contributed by atoms with Crippen molar-refractivity contribution in [3.05, 3.63) is 35.9 Å². The highest BCUT2D eigenvalue weighted by atomic mass is 32.2. The van der Waals surface area contributed by atoms with Crippen LogP contribution in [-0.4, -0.2) is 55.0 Å². The van der Waals surface area contributed by atoms with E-state index in [2.05, 4.69) is 0 Å². The number of hydrogen-bond donors (Lipinski definition) is 0. The topological polar surface area (TPSA) is 76.1 Å². The smallest absolute Gasteiger partial charge is 0.410 e. The second-order valence-electron chi connectivity index (χ2n) is 6.35. The Morgan fingerprint density at radius 1 is 1.35 bits per heavy atom. The van der Waals surface area contributed by atoms with Crippen LogP contribution in [-0.2, 0) is 25.8 Å². The fourth-order valence-electron chi connectivity index (χ4n) is 3.83. The van der Waals surface area contributed by atoms with Gasteiger partial charge in [-0.15, -0.1) is 0 Å². The summed E-state index contributed by atoms with van der Waals surface area (Å²) >= 11 is 0. The normalized spacial score (nSPS) is 31.8. The van der Waals surface area contributed by atoms with E-state index in [1.807, 2.05) is 30.3 Å². The molecule has 0 saturated carbocycles. The largest absolute Gasteiger partial charge is 0.445 e. The molecule has 2 atom stereocenters. The van der Waals surface area contributed by atoms with Crippen molar-refractivity contribution < 1.29 is 22.1 Å². The Morgan fingerprint density at radius 3 is 2.91 bits per heavy atom. The predicted molar refractivity (Wildman–Crippen MR) is 80.7 cm³/mol. The summed E-state index contributed by atoms with van der Waals surface area (Å²) in [5, 5.41) is 0. The maximum atomic E-state index is 12.3. The van der Waals surface area contributed by atoms with Crippen LogP contribution >= 0.6 is 0 Å². The minimum atomic E-state index is -3.64. The third kappa shape index (κ3) is 2.41. The molecule has 1 aromatic rings. The van der Waals surface area contributed by atoms with Gasteiger partial charge in [0.2, 0.25) is 0 Å². The first-order valence-electron chi connectivity index (χ1n) is 7.65. The van der Waals surface area contributed by atoms with Crippen LogP contribution < -0.4 is 0 Å². The number of benzene rings is 1. The Labute approximate surface area is 135 Å². The zero-order chi connectivity index (χ0) is 16.1. The highest BCUT2D eigenvalue weighted by molar-refractivity contribution is 7.84. The maximum Gasteiger partial charge on any atom is 0.410 e. The molecule has 0 N–H and O–H groups in total. The van der Waals surface area contributed by atoms with E-state index < -0.39 is 21.9 Å². The second kappa shape index (κ2) is 5.19. The highest BCUT2D eigenvalue weighted by Crippen LogP contribution is 2.45. The first kappa shape index (κ1) is 14.9. The van der Waals surface area contributed by atoms with Gasteiger partial charge in [0, 0.05) is 19.1 Å². The van der Waals surface area contributed by atoms with Crippen LogP contribution in [0.25, 0.3) is 0 Å². The molecule has 0 unspecified atom stereocenters. The van der Waals surface area contributed by atoms with Gasteiger partial charge in [-0.05, 0) is 18.4 Å². The molecule has 0 spiro atoms. The van der Waals surface area contributed by atoms with Crippen LogP contribution in [0.3, 0.4) is 0 Å². The molecule has 8 heteroatoms. The highest BCUT2D eigenvalue weighted by Gasteiger charge is 2.62. The zero-order valence-electron chi connectivity index (χ0n) is 12.6. The van der Waals surface area contributed by atoms with Crippen molar-refractivity contribution in [1.82, 2.24) is 9.21 Å². The van der Waals surface area contributed by atoms with E-state index in [-0.39, 0.29) is 19.3 Å². The first-order chi connectivity index (χ1) is 11.0. The summed E-state index contributed by atoms with van der Waals surface area (Å²) in [5.74, 6) is 0. The van der Waals surface area contributed by atoms with E-state index in [4.69, 9.17) is 8.92 Å². The number of piperazine rings is 1. The molecule has 124 valence electrons. The molecule has 1 amide bonds. The Bertz CT molecular complexity index is 723. The van der Waals surface area contributed by atoms with Crippen LogP contribution in [0.5, 0.6) is 0 Å². The molecule has 7 nitrogen and oxygen atoms in total. The lowest BCUT2D eigenvalue weighted by Gasteiger charge is -2.41. The second-order valence-corrected chi connectivity index (χ2v) is 7.84. The van der Waals surface area contributed by atoms with Crippen molar-refractivity contribution in [2.24, 2.45) is 0 Å². The van der Waals surface area contributed by atoms with Crippen LogP contribution in [0.1, 0.15) is 18.4 Å². The van der Waals surface area contributed by atoms with Gasteiger partial charge in [0.1, 0.15) is 6.61 Å². The summed E-state index contributed by atoms with van der Waals surface area (Å²) < 4.78 is 35.8. The van der Waals surface area contributed by atoms with Crippen molar-refractivity contribution in [2.45, 2.75) is 31.0 Å². The molecule has 3 fully saturated rings. The number of rotatable bonds is 2. The van der Waals surface area contributed by atoms with E-state index in [1.165, 1.54) is 4.31 Å². The third-order valence-corrected chi connectivity index (χ3v) is 6.42. The van der Waals surface area contributed by atoms with Gasteiger partial charge in [0.15, 0.2) is 0 Å². The molecular weight excluding hydrogens is 320 g/mol. The van der Waals surface area contributed by atoms with Crippen molar-refractivity contribution in [2.75, 3.05) is 19.7 Å². The third-order valence-electron chi connectivity index (χ3n) is 4.84. The fraction of sp³-hybridized carbons (Fsp3) is 0.533. The van der Waals surface area contributed by atoms with E-state index in [0.29, 0.717) is 13.1 Å². The summed E-state index contributed by atoms with van der Waals surface area (Å²) in [6.45, 7) is 1.02. The van der Waals surface area contributed by atoms with Gasteiger partial charge in [-0.1, -0.05) is 30.3 Å². The van der Waals surface area contributed by atoms with Crippen LogP contribution in [0, 0.1) is 0 Å². The minimum Gasteiger partial charge on any atom is -0.445 e. The molecule has 3 aliphatic heterocycles. The average molecular weight is 338 g/mol. The number of amides is 1. The summed E-state index contributed by atoms with van der Waals surface area (Å²) in [7, 11) is -3.64. The summed E-state index contributed by atoms with van der Waals surface area (Å²) in [6.07, 6.45) is 1.08. The van der Waals surface area contributed by atoms with Gasteiger partial charge in [-0.2, -0.15) is 12.7 Å². The number of ether oxygens (including phenoxy) is 1. The number of nitrogens with zero attached hydrogens (tertiary/aromatic N) is 2. The molecule has 0 aliphatic carbocycles. The lowest BCUT2D eigenvalue weighted by atomic mass is 9.98. The van der Waals surface area contributed by atoms with Gasteiger partial charge in [0.05, 0.1) is 12.1 Å². The van der Waals surface area contributed by atoms with Gasteiger partial charge in [0.25, 0.3) is 0 Å². The fourth-order valence-corrected chi connectivity index (χ4v) is 5.53. The first-order valence-corrected chi connectivity index (χ1v) is 9.01. The molecule has 23 heavy (non-hydrogen) atoms. The van der Waals surface area contributed by atoms with Gasteiger partial charge in [-0.25, -0.2) is 4.79 Å². The Hall–Kier alpha value is -1.64. The number of hydrogen-bond acceptors (Lipinski definition) is 5. The summed E-state index contributed by atoms with van der Waals surface area (Å²) in [6, 6.07) is 9.27. The molecule has 2 bridgehead atoms. The van der Waals surface area contributed by atoms with Crippen LogP contribution in [0.15, 0.2) is 30.3 Å². The SMILES string of the molecule is O=C(OCc1ccccc1)N1C[C@@H]2CC[C@]3(COS(=O)(=O)N23)C1. The van der Waals surface area contributed by atoms with Gasteiger partial charge < -0.3 is 9.64 Å². The number of carbonyl (C=O) groups is 1. The Kier molecular flexibility index (Phi) is 3.36. The monoisotopic (exact) mass is 338 g/mol. The molecule has 0 aromatic heterocycles. The molecular formula is C15H18N2O5S. The van der Waals surface area contributed by atoms with Gasteiger partial charge in [-0.3, -0.25) is 4.18 Å². The minimum absolute atomic E-state index is 0.119. The quantitative estimate of drug-likeness (QED) is 0.808. The molecule has 3 heterocycles. The van der Waals surface area contributed by atoms with Crippen molar-refractivity contribution in [3.63, 3.8) is 0 Å².